The van der Waals surface area contributed by atoms with Crippen molar-refractivity contribution < 1.29 is 4.79 Å². The quantitative estimate of drug-likeness (QED) is 0.778. The van der Waals surface area contributed by atoms with Crippen LogP contribution < -0.4 is 11.1 Å². The standard InChI is InChI=1S/C12H16N2O/c13-11(9-4-2-1-3-5-9)8-12(15)14-10-6-7-10/h1-5,10-11H,6-8,13H2,(H,14,15)/t11-/m1/s1. The number of rotatable bonds is 4. The molecule has 0 bridgehead atoms. The maximum absolute atomic E-state index is 11.5. The lowest BCUT2D eigenvalue weighted by Crippen LogP contribution is -2.29. The molecule has 1 atom stereocenters. The van der Waals surface area contributed by atoms with E-state index in [2.05, 4.69) is 5.32 Å². The Hall–Kier alpha value is -1.35. The van der Waals surface area contributed by atoms with Crippen LogP contribution in [0.1, 0.15) is 30.9 Å². The molecule has 1 amide bonds. The second kappa shape index (κ2) is 4.45. The van der Waals surface area contributed by atoms with E-state index >= 15 is 0 Å². The first-order valence-corrected chi connectivity index (χ1v) is 5.35. The second-order valence-electron chi connectivity index (χ2n) is 4.06. The molecule has 3 nitrogen and oxygen atoms in total. The zero-order valence-electron chi connectivity index (χ0n) is 8.65. The van der Waals surface area contributed by atoms with Gasteiger partial charge in [0.2, 0.25) is 5.91 Å². The van der Waals surface area contributed by atoms with E-state index in [1.165, 1.54) is 0 Å². The Morgan fingerprint density at radius 3 is 2.67 bits per heavy atom. The summed E-state index contributed by atoms with van der Waals surface area (Å²) in [6, 6.07) is 9.96. The van der Waals surface area contributed by atoms with E-state index in [9.17, 15) is 4.79 Å². The van der Waals surface area contributed by atoms with Gasteiger partial charge in [-0.3, -0.25) is 4.79 Å². The maximum Gasteiger partial charge on any atom is 0.222 e. The summed E-state index contributed by atoms with van der Waals surface area (Å²) in [7, 11) is 0. The summed E-state index contributed by atoms with van der Waals surface area (Å²) >= 11 is 0. The average molecular weight is 204 g/mol. The minimum absolute atomic E-state index is 0.0638. The summed E-state index contributed by atoms with van der Waals surface area (Å²) in [6.45, 7) is 0. The zero-order chi connectivity index (χ0) is 10.7. The van der Waals surface area contributed by atoms with Crippen molar-refractivity contribution in [2.75, 3.05) is 0 Å². The minimum atomic E-state index is -0.190. The first kappa shape index (κ1) is 10.2. The Morgan fingerprint density at radius 1 is 1.40 bits per heavy atom. The van der Waals surface area contributed by atoms with Crippen molar-refractivity contribution in [1.82, 2.24) is 5.32 Å². The Morgan fingerprint density at radius 2 is 2.07 bits per heavy atom. The average Bonchev–Trinajstić information content (AvgIpc) is 3.03. The third-order valence-electron chi connectivity index (χ3n) is 2.58. The summed E-state index contributed by atoms with van der Waals surface area (Å²) in [6.07, 6.45) is 2.61. The summed E-state index contributed by atoms with van der Waals surface area (Å²) in [5.74, 6) is 0.0638. The van der Waals surface area contributed by atoms with Crippen LogP contribution in [-0.4, -0.2) is 11.9 Å². The fourth-order valence-electron chi connectivity index (χ4n) is 1.53. The normalized spacial score (nSPS) is 17.1. The molecule has 1 aliphatic rings. The van der Waals surface area contributed by atoms with Crippen LogP contribution in [0.15, 0.2) is 30.3 Å². The molecule has 0 heterocycles. The van der Waals surface area contributed by atoms with Crippen molar-refractivity contribution in [3.05, 3.63) is 35.9 Å². The smallest absolute Gasteiger partial charge is 0.222 e. The highest BCUT2D eigenvalue weighted by atomic mass is 16.1. The molecule has 1 aliphatic carbocycles. The number of hydrogen-bond acceptors (Lipinski definition) is 2. The molecule has 1 aromatic rings. The van der Waals surface area contributed by atoms with E-state index in [4.69, 9.17) is 5.73 Å². The maximum atomic E-state index is 11.5. The third-order valence-corrected chi connectivity index (χ3v) is 2.58. The number of carbonyl (C=O) groups excluding carboxylic acids is 1. The van der Waals surface area contributed by atoms with Crippen molar-refractivity contribution >= 4 is 5.91 Å². The van der Waals surface area contributed by atoms with Crippen molar-refractivity contribution in [3.8, 4) is 0 Å². The van der Waals surface area contributed by atoms with E-state index in [0.717, 1.165) is 18.4 Å². The van der Waals surface area contributed by atoms with Gasteiger partial charge in [-0.1, -0.05) is 30.3 Å². The van der Waals surface area contributed by atoms with Gasteiger partial charge in [0.15, 0.2) is 0 Å². The van der Waals surface area contributed by atoms with Crippen LogP contribution in [0.5, 0.6) is 0 Å². The molecule has 2 rings (SSSR count). The van der Waals surface area contributed by atoms with Crippen LogP contribution in [0.2, 0.25) is 0 Å². The number of hydrogen-bond donors (Lipinski definition) is 2. The largest absolute Gasteiger partial charge is 0.353 e. The predicted octanol–water partition coefficient (Wildman–Crippen LogP) is 1.36. The van der Waals surface area contributed by atoms with Crippen LogP contribution >= 0.6 is 0 Å². The molecule has 0 radical (unpaired) electrons. The topological polar surface area (TPSA) is 55.1 Å². The van der Waals surface area contributed by atoms with Gasteiger partial charge >= 0.3 is 0 Å². The molecule has 0 aromatic heterocycles. The molecule has 0 spiro atoms. The molecule has 0 aliphatic heterocycles. The van der Waals surface area contributed by atoms with E-state index in [1.54, 1.807) is 0 Å². The van der Waals surface area contributed by atoms with Crippen LogP contribution in [0.3, 0.4) is 0 Å². The predicted molar refractivity (Wildman–Crippen MR) is 59.2 cm³/mol. The molecule has 3 heteroatoms. The van der Waals surface area contributed by atoms with Crippen LogP contribution in [0.25, 0.3) is 0 Å². The highest BCUT2D eigenvalue weighted by Crippen LogP contribution is 2.20. The van der Waals surface area contributed by atoms with Gasteiger partial charge < -0.3 is 11.1 Å². The van der Waals surface area contributed by atoms with Crippen LogP contribution in [0.4, 0.5) is 0 Å². The number of amides is 1. The van der Waals surface area contributed by atoms with Crippen molar-refractivity contribution in [1.29, 1.82) is 0 Å². The van der Waals surface area contributed by atoms with E-state index in [1.807, 2.05) is 30.3 Å². The molecule has 3 N–H and O–H groups in total. The highest BCUT2D eigenvalue weighted by molar-refractivity contribution is 5.77. The Labute approximate surface area is 89.7 Å². The van der Waals surface area contributed by atoms with Crippen molar-refractivity contribution in [2.45, 2.75) is 31.3 Å². The van der Waals surface area contributed by atoms with Gasteiger partial charge in [0.25, 0.3) is 0 Å². The second-order valence-corrected chi connectivity index (χ2v) is 4.06. The van der Waals surface area contributed by atoms with Crippen molar-refractivity contribution in [2.24, 2.45) is 5.73 Å². The Bertz CT molecular complexity index is 333. The van der Waals surface area contributed by atoms with Gasteiger partial charge in [-0.2, -0.15) is 0 Å². The Balaban J connectivity index is 1.85. The van der Waals surface area contributed by atoms with Gasteiger partial charge in [-0.25, -0.2) is 0 Å². The number of carbonyl (C=O) groups is 1. The van der Waals surface area contributed by atoms with Gasteiger partial charge in [0.1, 0.15) is 0 Å². The number of nitrogens with two attached hydrogens (primary N) is 1. The van der Waals surface area contributed by atoms with Gasteiger partial charge in [-0.15, -0.1) is 0 Å². The van der Waals surface area contributed by atoms with Gasteiger partial charge in [-0.05, 0) is 18.4 Å². The van der Waals surface area contributed by atoms with Gasteiger partial charge in [0.05, 0.1) is 0 Å². The molecule has 1 aromatic carbocycles. The lowest BCUT2D eigenvalue weighted by Gasteiger charge is -2.11. The van der Waals surface area contributed by atoms with E-state index < -0.39 is 0 Å². The Kier molecular flexibility index (Phi) is 3.02. The summed E-state index contributed by atoms with van der Waals surface area (Å²) in [4.78, 5) is 11.5. The van der Waals surface area contributed by atoms with E-state index in [0.29, 0.717) is 12.5 Å². The zero-order valence-corrected chi connectivity index (χ0v) is 8.65. The fourth-order valence-corrected chi connectivity index (χ4v) is 1.53. The summed E-state index contributed by atoms with van der Waals surface area (Å²) in [5, 5.41) is 2.94. The number of benzene rings is 1. The minimum Gasteiger partial charge on any atom is -0.353 e. The first-order valence-electron chi connectivity index (χ1n) is 5.35. The van der Waals surface area contributed by atoms with E-state index in [-0.39, 0.29) is 11.9 Å². The van der Waals surface area contributed by atoms with Crippen LogP contribution in [-0.2, 0) is 4.79 Å². The molecule has 15 heavy (non-hydrogen) atoms. The molecule has 0 saturated heterocycles. The first-order chi connectivity index (χ1) is 7.25. The third kappa shape index (κ3) is 3.06. The summed E-state index contributed by atoms with van der Waals surface area (Å²) in [5.41, 5.74) is 6.95. The van der Waals surface area contributed by atoms with Gasteiger partial charge in [0, 0.05) is 18.5 Å². The van der Waals surface area contributed by atoms with Crippen molar-refractivity contribution in [3.63, 3.8) is 0 Å². The molecule has 80 valence electrons. The van der Waals surface area contributed by atoms with Crippen LogP contribution in [0, 0.1) is 0 Å². The number of nitrogens with one attached hydrogen (secondary N) is 1. The molecule has 0 unspecified atom stereocenters. The molecule has 1 saturated carbocycles. The lowest BCUT2D eigenvalue weighted by molar-refractivity contribution is -0.121. The summed E-state index contributed by atoms with van der Waals surface area (Å²) < 4.78 is 0. The monoisotopic (exact) mass is 204 g/mol. The lowest BCUT2D eigenvalue weighted by atomic mass is 10.0. The molecular weight excluding hydrogens is 188 g/mol. The molecular formula is C12H16N2O. The molecule has 1 fully saturated rings. The SMILES string of the molecule is N[C@H](CC(=O)NC1CC1)c1ccccc1. The fraction of sp³-hybridized carbons (Fsp3) is 0.417. The highest BCUT2D eigenvalue weighted by Gasteiger charge is 2.24.